The predicted molar refractivity (Wildman–Crippen MR) is 52.5 cm³/mol. The van der Waals surface area contributed by atoms with Crippen molar-refractivity contribution in [3.63, 3.8) is 0 Å². The van der Waals surface area contributed by atoms with Gasteiger partial charge in [-0.05, 0) is 17.7 Å². The van der Waals surface area contributed by atoms with Crippen molar-refractivity contribution in [3.05, 3.63) is 41.7 Å². The SMILES string of the molecule is COc1ccc(C2C=C(O)C(=O)O2)cc1. The van der Waals surface area contributed by atoms with Gasteiger partial charge in [0.05, 0.1) is 7.11 Å². The van der Waals surface area contributed by atoms with Crippen LogP contribution in [0.2, 0.25) is 0 Å². The molecule has 1 N–H and O–H groups in total. The molecule has 1 aromatic carbocycles. The van der Waals surface area contributed by atoms with Crippen molar-refractivity contribution in [3.8, 4) is 5.75 Å². The molecule has 0 saturated carbocycles. The lowest BCUT2D eigenvalue weighted by molar-refractivity contribution is -0.142. The molecule has 1 atom stereocenters. The smallest absolute Gasteiger partial charge is 0.374 e. The molecule has 0 spiro atoms. The summed E-state index contributed by atoms with van der Waals surface area (Å²) in [6.45, 7) is 0. The maximum atomic E-state index is 10.9. The Balaban J connectivity index is 2.21. The number of carbonyl (C=O) groups is 1. The van der Waals surface area contributed by atoms with Crippen molar-refractivity contribution in [1.29, 1.82) is 0 Å². The molecule has 0 bridgehead atoms. The standard InChI is InChI=1S/C11H10O4/c1-14-8-4-2-7(3-5-8)10-6-9(12)11(13)15-10/h2-6,10,12H,1H3. The monoisotopic (exact) mass is 206 g/mol. The van der Waals surface area contributed by atoms with Crippen LogP contribution in [0.4, 0.5) is 0 Å². The molecule has 0 saturated heterocycles. The van der Waals surface area contributed by atoms with Gasteiger partial charge in [-0.2, -0.15) is 0 Å². The lowest BCUT2D eigenvalue weighted by Crippen LogP contribution is -2.01. The Bertz CT molecular complexity index is 405. The lowest BCUT2D eigenvalue weighted by atomic mass is 10.1. The zero-order chi connectivity index (χ0) is 10.8. The van der Waals surface area contributed by atoms with Crippen molar-refractivity contribution >= 4 is 5.97 Å². The molecule has 1 unspecified atom stereocenters. The summed E-state index contributed by atoms with van der Waals surface area (Å²) in [6.07, 6.45) is 0.882. The van der Waals surface area contributed by atoms with Crippen LogP contribution in [-0.2, 0) is 9.53 Å². The van der Waals surface area contributed by atoms with Crippen LogP contribution in [-0.4, -0.2) is 18.2 Å². The Morgan fingerprint density at radius 3 is 2.47 bits per heavy atom. The van der Waals surface area contributed by atoms with E-state index in [9.17, 15) is 4.79 Å². The van der Waals surface area contributed by atoms with Gasteiger partial charge in [-0.3, -0.25) is 0 Å². The third-order valence-corrected chi connectivity index (χ3v) is 2.20. The second kappa shape index (κ2) is 3.65. The molecule has 0 amide bonds. The summed E-state index contributed by atoms with van der Waals surface area (Å²) < 4.78 is 9.91. The summed E-state index contributed by atoms with van der Waals surface area (Å²) in [6, 6.07) is 7.11. The van der Waals surface area contributed by atoms with E-state index >= 15 is 0 Å². The molecule has 1 aromatic rings. The average Bonchev–Trinajstić information content (AvgIpc) is 2.59. The van der Waals surface area contributed by atoms with E-state index in [1.54, 1.807) is 31.4 Å². The number of methoxy groups -OCH3 is 1. The number of esters is 1. The fraction of sp³-hybridized carbons (Fsp3) is 0.182. The molecule has 0 aromatic heterocycles. The third-order valence-electron chi connectivity index (χ3n) is 2.20. The topological polar surface area (TPSA) is 55.8 Å². The highest BCUT2D eigenvalue weighted by atomic mass is 16.6. The lowest BCUT2D eigenvalue weighted by Gasteiger charge is -2.08. The summed E-state index contributed by atoms with van der Waals surface area (Å²) in [5.41, 5.74) is 0.799. The molecule has 4 nitrogen and oxygen atoms in total. The molecule has 4 heteroatoms. The van der Waals surface area contributed by atoms with Gasteiger partial charge >= 0.3 is 5.97 Å². The van der Waals surface area contributed by atoms with E-state index < -0.39 is 12.1 Å². The molecule has 2 rings (SSSR count). The second-order valence-electron chi connectivity index (χ2n) is 3.15. The molecule has 1 aliphatic rings. The second-order valence-corrected chi connectivity index (χ2v) is 3.15. The minimum atomic E-state index is -0.684. The van der Waals surface area contributed by atoms with Gasteiger partial charge in [-0.15, -0.1) is 0 Å². The summed E-state index contributed by atoms with van der Waals surface area (Å²) in [7, 11) is 1.58. The summed E-state index contributed by atoms with van der Waals surface area (Å²) in [5.74, 6) is -0.289. The van der Waals surface area contributed by atoms with Crippen molar-refractivity contribution in [2.75, 3.05) is 7.11 Å². The van der Waals surface area contributed by atoms with E-state index in [0.29, 0.717) is 0 Å². The summed E-state index contributed by atoms with van der Waals surface area (Å²) in [4.78, 5) is 10.9. The first-order valence-electron chi connectivity index (χ1n) is 4.46. The van der Waals surface area contributed by atoms with Gasteiger partial charge in [-0.25, -0.2) is 4.79 Å². The number of cyclic esters (lactones) is 1. The largest absolute Gasteiger partial charge is 0.502 e. The number of benzene rings is 1. The molecule has 0 aliphatic carbocycles. The third kappa shape index (κ3) is 1.79. The van der Waals surface area contributed by atoms with Crippen LogP contribution >= 0.6 is 0 Å². The van der Waals surface area contributed by atoms with Crippen LogP contribution in [0.15, 0.2) is 36.1 Å². The van der Waals surface area contributed by atoms with Gasteiger partial charge in [0.15, 0.2) is 0 Å². The van der Waals surface area contributed by atoms with E-state index in [4.69, 9.17) is 14.6 Å². The van der Waals surface area contributed by atoms with Crippen LogP contribution in [0.1, 0.15) is 11.7 Å². The molecule has 15 heavy (non-hydrogen) atoms. The number of aliphatic hydroxyl groups is 1. The molecule has 0 radical (unpaired) electrons. The fourth-order valence-corrected chi connectivity index (χ4v) is 1.38. The number of carbonyl (C=O) groups excluding carboxylic acids is 1. The van der Waals surface area contributed by atoms with Gasteiger partial charge in [0, 0.05) is 6.08 Å². The highest BCUT2D eigenvalue weighted by molar-refractivity contribution is 5.88. The number of ether oxygens (including phenoxy) is 2. The minimum Gasteiger partial charge on any atom is -0.502 e. The van der Waals surface area contributed by atoms with Gasteiger partial charge < -0.3 is 14.6 Å². The van der Waals surface area contributed by atoms with Crippen LogP contribution in [0, 0.1) is 0 Å². The first-order valence-corrected chi connectivity index (χ1v) is 4.46. The zero-order valence-corrected chi connectivity index (χ0v) is 8.14. The molecule has 1 heterocycles. The number of rotatable bonds is 2. The van der Waals surface area contributed by atoms with Gasteiger partial charge in [0.25, 0.3) is 0 Å². The molecule has 1 aliphatic heterocycles. The van der Waals surface area contributed by atoms with Crippen molar-refractivity contribution in [2.45, 2.75) is 6.10 Å². The van der Waals surface area contributed by atoms with Crippen LogP contribution in [0.3, 0.4) is 0 Å². The highest BCUT2D eigenvalue weighted by Crippen LogP contribution is 2.27. The summed E-state index contributed by atoms with van der Waals surface area (Å²) in [5, 5.41) is 9.09. The van der Waals surface area contributed by atoms with Gasteiger partial charge in [0.2, 0.25) is 5.76 Å². The predicted octanol–water partition coefficient (Wildman–Crippen LogP) is 1.74. The Morgan fingerprint density at radius 2 is 2.00 bits per heavy atom. The van der Waals surface area contributed by atoms with Gasteiger partial charge in [0.1, 0.15) is 11.9 Å². The maximum Gasteiger partial charge on any atom is 0.374 e. The Kier molecular flexibility index (Phi) is 2.33. The van der Waals surface area contributed by atoms with Crippen molar-refractivity contribution < 1.29 is 19.4 Å². The minimum absolute atomic E-state index is 0.337. The number of hydrogen-bond donors (Lipinski definition) is 1. The Hall–Kier alpha value is -1.97. The fourth-order valence-electron chi connectivity index (χ4n) is 1.38. The van der Waals surface area contributed by atoms with Crippen LogP contribution in [0.25, 0.3) is 0 Å². The van der Waals surface area contributed by atoms with Crippen molar-refractivity contribution in [2.24, 2.45) is 0 Å². The molecular weight excluding hydrogens is 196 g/mol. The van der Waals surface area contributed by atoms with Crippen LogP contribution < -0.4 is 4.74 Å². The average molecular weight is 206 g/mol. The highest BCUT2D eigenvalue weighted by Gasteiger charge is 2.25. The summed E-state index contributed by atoms with van der Waals surface area (Å²) >= 11 is 0. The van der Waals surface area contributed by atoms with Crippen molar-refractivity contribution in [1.82, 2.24) is 0 Å². The normalized spacial score (nSPS) is 19.7. The zero-order valence-electron chi connectivity index (χ0n) is 8.14. The van der Waals surface area contributed by atoms with E-state index in [1.807, 2.05) is 0 Å². The van der Waals surface area contributed by atoms with E-state index in [1.165, 1.54) is 6.08 Å². The van der Waals surface area contributed by atoms with E-state index in [2.05, 4.69) is 0 Å². The van der Waals surface area contributed by atoms with E-state index in [-0.39, 0.29) is 5.76 Å². The van der Waals surface area contributed by atoms with E-state index in [0.717, 1.165) is 11.3 Å². The Morgan fingerprint density at radius 1 is 1.33 bits per heavy atom. The first kappa shape index (κ1) is 9.58. The number of aliphatic hydroxyl groups excluding tert-OH is 1. The Labute approximate surface area is 86.7 Å². The first-order chi connectivity index (χ1) is 7.20. The van der Waals surface area contributed by atoms with Gasteiger partial charge in [-0.1, -0.05) is 12.1 Å². The van der Waals surface area contributed by atoms with Crippen LogP contribution in [0.5, 0.6) is 5.75 Å². The molecular formula is C11H10O4. The quantitative estimate of drug-likeness (QED) is 0.749. The molecule has 0 fully saturated rings. The molecule has 78 valence electrons. The maximum absolute atomic E-state index is 10.9. The number of hydrogen-bond acceptors (Lipinski definition) is 4.